The summed E-state index contributed by atoms with van der Waals surface area (Å²) in [6, 6.07) is 24.0. The van der Waals surface area contributed by atoms with Gasteiger partial charge in [0.15, 0.2) is 0 Å². The zero-order valence-corrected chi connectivity index (χ0v) is 23.9. The summed E-state index contributed by atoms with van der Waals surface area (Å²) in [4.78, 5) is 0.232. The number of hydrogen-bond donors (Lipinski definition) is 1. The molecular formula is C33H39NO4S. The van der Waals surface area contributed by atoms with Crippen molar-refractivity contribution >= 4 is 15.8 Å². The van der Waals surface area contributed by atoms with Gasteiger partial charge in [-0.05, 0) is 116 Å². The van der Waals surface area contributed by atoms with Gasteiger partial charge >= 0.3 is 0 Å². The Morgan fingerprint density at radius 1 is 0.949 bits per heavy atom. The summed E-state index contributed by atoms with van der Waals surface area (Å²) < 4.78 is 38.3. The summed E-state index contributed by atoms with van der Waals surface area (Å²) in [7, 11) is -2.13. The van der Waals surface area contributed by atoms with Gasteiger partial charge in [-0.15, -0.1) is 0 Å². The second-order valence-corrected chi connectivity index (χ2v) is 13.6. The van der Waals surface area contributed by atoms with Crippen molar-refractivity contribution in [2.24, 2.45) is 17.3 Å². The highest BCUT2D eigenvalue weighted by atomic mass is 32.2. The molecule has 0 unspecified atom stereocenters. The molecule has 6 heteroatoms. The lowest BCUT2D eigenvalue weighted by Crippen LogP contribution is -2.57. The van der Waals surface area contributed by atoms with Crippen LogP contribution in [-0.2, 0) is 20.7 Å². The monoisotopic (exact) mass is 545 g/mol. The number of methoxy groups -OCH3 is 1. The van der Waals surface area contributed by atoms with Gasteiger partial charge in [0.2, 0.25) is 0 Å². The van der Waals surface area contributed by atoms with E-state index < -0.39 is 10.1 Å². The summed E-state index contributed by atoms with van der Waals surface area (Å²) in [5.74, 6) is 2.27. The standard InChI is InChI=1S/C33H39NO4S/c1-22-9-13-27(14-10-22)39(35,36)38-26-20-31-30-15-11-23-19-25(37-3)12-16-28(23)29(30)17-18-33(31,2)32(21-26)34-24-7-5-4-6-8-24/h4-10,12-14,16,19,26,29-32,34H,11,15,17-18,20-21H2,1-3H3/t26-,29+,30+,31-,32-,33-/m0/s1. The number of benzene rings is 3. The molecule has 0 bridgehead atoms. The zero-order valence-electron chi connectivity index (χ0n) is 23.1. The van der Waals surface area contributed by atoms with Gasteiger partial charge in [0.25, 0.3) is 10.1 Å². The van der Waals surface area contributed by atoms with Crippen LogP contribution < -0.4 is 10.1 Å². The predicted molar refractivity (Wildman–Crippen MR) is 155 cm³/mol. The van der Waals surface area contributed by atoms with Gasteiger partial charge in [-0.3, -0.25) is 4.18 Å². The maximum atomic E-state index is 13.4. The van der Waals surface area contributed by atoms with E-state index in [2.05, 4.69) is 42.6 Å². The molecule has 0 heterocycles. The minimum Gasteiger partial charge on any atom is -0.497 e. The highest BCUT2D eigenvalue weighted by molar-refractivity contribution is 7.86. The van der Waals surface area contributed by atoms with Crippen molar-refractivity contribution in [1.29, 1.82) is 0 Å². The van der Waals surface area contributed by atoms with Gasteiger partial charge in [0.05, 0.1) is 18.1 Å². The summed E-state index contributed by atoms with van der Waals surface area (Å²) in [5, 5.41) is 3.82. The lowest BCUT2D eigenvalue weighted by atomic mass is 9.49. The first-order valence-corrected chi connectivity index (χ1v) is 15.7. The first kappa shape index (κ1) is 26.4. The summed E-state index contributed by atoms with van der Waals surface area (Å²) in [5.41, 5.74) is 5.01. The van der Waals surface area contributed by atoms with Crippen LogP contribution in [0.25, 0.3) is 0 Å². The Balaban J connectivity index is 1.32. The molecule has 0 amide bonds. The van der Waals surface area contributed by atoms with Crippen molar-refractivity contribution in [3.8, 4) is 5.75 Å². The lowest BCUT2D eigenvalue weighted by molar-refractivity contribution is -0.0517. The van der Waals surface area contributed by atoms with Crippen LogP contribution in [0.3, 0.4) is 0 Å². The molecule has 3 aromatic rings. The van der Waals surface area contributed by atoms with Crippen molar-refractivity contribution in [1.82, 2.24) is 0 Å². The molecule has 0 saturated heterocycles. The van der Waals surface area contributed by atoms with Gasteiger partial charge in [-0.25, -0.2) is 0 Å². The van der Waals surface area contributed by atoms with E-state index in [9.17, 15) is 8.42 Å². The second kappa shape index (κ2) is 10.3. The lowest BCUT2D eigenvalue weighted by Gasteiger charge is -2.58. The predicted octanol–water partition coefficient (Wildman–Crippen LogP) is 7.11. The number of aryl methyl sites for hydroxylation is 2. The molecule has 0 aromatic heterocycles. The topological polar surface area (TPSA) is 64.6 Å². The van der Waals surface area contributed by atoms with Crippen molar-refractivity contribution in [2.75, 3.05) is 12.4 Å². The number of nitrogens with one attached hydrogen (secondary N) is 1. The molecule has 1 N–H and O–H groups in total. The summed E-state index contributed by atoms with van der Waals surface area (Å²) in [6.45, 7) is 4.39. The van der Waals surface area contributed by atoms with Gasteiger partial charge in [0, 0.05) is 11.7 Å². The normalized spacial score (nSPS) is 30.0. The molecule has 3 aliphatic carbocycles. The van der Waals surface area contributed by atoms with E-state index in [1.54, 1.807) is 19.2 Å². The first-order valence-electron chi connectivity index (χ1n) is 14.3. The fourth-order valence-corrected chi connectivity index (χ4v) is 8.90. The van der Waals surface area contributed by atoms with Crippen molar-refractivity contribution in [3.05, 3.63) is 89.5 Å². The third-order valence-electron chi connectivity index (χ3n) is 9.87. The van der Waals surface area contributed by atoms with Crippen LogP contribution >= 0.6 is 0 Å². The molecule has 2 fully saturated rings. The molecule has 3 aliphatic rings. The molecule has 2 saturated carbocycles. The van der Waals surface area contributed by atoms with Gasteiger partial charge in [-0.2, -0.15) is 8.42 Å². The quantitative estimate of drug-likeness (QED) is 0.334. The van der Waals surface area contributed by atoms with Gasteiger partial charge in [0.1, 0.15) is 5.75 Å². The molecule has 39 heavy (non-hydrogen) atoms. The van der Waals surface area contributed by atoms with Gasteiger partial charge < -0.3 is 10.1 Å². The van der Waals surface area contributed by atoms with Crippen LogP contribution in [0.4, 0.5) is 5.69 Å². The molecule has 0 aliphatic heterocycles. The smallest absolute Gasteiger partial charge is 0.297 e. The van der Waals surface area contributed by atoms with E-state index in [0.29, 0.717) is 24.2 Å². The van der Waals surface area contributed by atoms with Crippen LogP contribution in [-0.4, -0.2) is 27.7 Å². The molecule has 206 valence electrons. The van der Waals surface area contributed by atoms with E-state index in [4.69, 9.17) is 8.92 Å². The van der Waals surface area contributed by atoms with E-state index in [1.165, 1.54) is 11.1 Å². The van der Waals surface area contributed by atoms with Crippen LogP contribution in [0, 0.1) is 24.2 Å². The SMILES string of the molecule is COc1ccc2c(c1)CC[C@@H]1[C@@H]2CC[C@]2(C)[C@@H](Nc3ccccc3)C[C@@H](OS(=O)(=O)c3ccc(C)cc3)C[C@@H]12. The highest BCUT2D eigenvalue weighted by Gasteiger charge is 2.55. The average molecular weight is 546 g/mol. The minimum absolute atomic E-state index is 0.0501. The number of ether oxygens (including phenoxy) is 1. The number of fused-ring (bicyclic) bond motifs is 5. The number of anilines is 1. The van der Waals surface area contributed by atoms with Gasteiger partial charge in [-0.1, -0.05) is 48.9 Å². The molecule has 0 spiro atoms. The Morgan fingerprint density at radius 2 is 1.72 bits per heavy atom. The van der Waals surface area contributed by atoms with Crippen LogP contribution in [0.2, 0.25) is 0 Å². The van der Waals surface area contributed by atoms with E-state index >= 15 is 0 Å². The highest BCUT2D eigenvalue weighted by Crippen LogP contribution is 2.60. The van der Waals surface area contributed by atoms with E-state index in [-0.39, 0.29) is 22.5 Å². The van der Waals surface area contributed by atoms with Crippen molar-refractivity contribution in [3.63, 3.8) is 0 Å². The van der Waals surface area contributed by atoms with Crippen LogP contribution in [0.15, 0.2) is 77.7 Å². The summed E-state index contributed by atoms with van der Waals surface area (Å²) >= 11 is 0. The minimum atomic E-state index is -3.86. The number of para-hydroxylation sites is 1. The first-order chi connectivity index (χ1) is 18.8. The Labute approximate surface area is 233 Å². The maximum absolute atomic E-state index is 13.4. The Kier molecular flexibility index (Phi) is 6.96. The third kappa shape index (κ3) is 4.98. The van der Waals surface area contributed by atoms with E-state index in [1.807, 2.05) is 37.3 Å². The molecule has 0 radical (unpaired) electrons. The van der Waals surface area contributed by atoms with Crippen LogP contribution in [0.1, 0.15) is 61.6 Å². The average Bonchev–Trinajstić information content (AvgIpc) is 2.93. The number of rotatable bonds is 6. The molecule has 6 atom stereocenters. The Bertz CT molecular complexity index is 1420. The molecule has 6 rings (SSSR count). The van der Waals surface area contributed by atoms with E-state index in [0.717, 1.165) is 49.1 Å². The zero-order chi connectivity index (χ0) is 27.2. The third-order valence-corrected chi connectivity index (χ3v) is 11.2. The molecule has 3 aromatic carbocycles. The largest absolute Gasteiger partial charge is 0.497 e. The van der Waals surface area contributed by atoms with Crippen LogP contribution in [0.5, 0.6) is 5.75 Å². The molecular weight excluding hydrogens is 506 g/mol. The Morgan fingerprint density at radius 3 is 2.46 bits per heavy atom. The number of hydrogen-bond acceptors (Lipinski definition) is 5. The van der Waals surface area contributed by atoms with Crippen molar-refractivity contribution < 1.29 is 17.3 Å². The Hall–Kier alpha value is -2.83. The fourth-order valence-electron chi connectivity index (χ4n) is 7.80. The van der Waals surface area contributed by atoms with Crippen molar-refractivity contribution in [2.45, 2.75) is 75.3 Å². The maximum Gasteiger partial charge on any atom is 0.297 e. The second-order valence-electron chi connectivity index (χ2n) is 12.0. The summed E-state index contributed by atoms with van der Waals surface area (Å²) in [6.07, 6.45) is 5.46. The fraction of sp³-hybridized carbons (Fsp3) is 0.455. The molecule has 5 nitrogen and oxygen atoms in total.